The van der Waals surface area contributed by atoms with Gasteiger partial charge in [-0.15, -0.1) is 5.10 Å². The number of hydrogen-bond acceptors (Lipinski definition) is 5. The number of aryl methyl sites for hydroxylation is 1. The number of nitrogens with zero attached hydrogens (tertiary/aromatic N) is 4. The van der Waals surface area contributed by atoms with Gasteiger partial charge in [-0.3, -0.25) is 14.4 Å². The molecule has 0 saturated carbocycles. The molecule has 0 aliphatic carbocycles. The number of rotatable bonds is 6. The lowest BCUT2D eigenvalue weighted by atomic mass is 10.1. The molecule has 1 aliphatic rings. The number of carbonyl (C=O) groups excluding carboxylic acids is 2. The van der Waals surface area contributed by atoms with Crippen LogP contribution in [-0.2, 0) is 27.5 Å². The van der Waals surface area contributed by atoms with Crippen molar-refractivity contribution < 1.29 is 23.9 Å². The van der Waals surface area contributed by atoms with Gasteiger partial charge in [-0.25, -0.2) is 9.07 Å². The molecule has 1 unspecified atom stereocenters. The third kappa shape index (κ3) is 4.27. The van der Waals surface area contributed by atoms with Crippen molar-refractivity contribution in [2.75, 3.05) is 11.4 Å². The third-order valence-corrected chi connectivity index (χ3v) is 4.28. The van der Waals surface area contributed by atoms with E-state index in [2.05, 4.69) is 15.6 Å². The summed E-state index contributed by atoms with van der Waals surface area (Å²) >= 11 is 0. The summed E-state index contributed by atoms with van der Waals surface area (Å²) in [5.74, 6) is -2.44. The first kappa shape index (κ1) is 18.5. The number of aromatic nitrogens is 3. The molecule has 3 rings (SSSR count). The van der Waals surface area contributed by atoms with Crippen molar-refractivity contribution in [2.24, 2.45) is 5.92 Å². The largest absolute Gasteiger partial charge is 0.480 e. The zero-order valence-corrected chi connectivity index (χ0v) is 14.6. The summed E-state index contributed by atoms with van der Waals surface area (Å²) in [6.45, 7) is 1.59. The van der Waals surface area contributed by atoms with Gasteiger partial charge in [0.2, 0.25) is 11.8 Å². The van der Waals surface area contributed by atoms with Gasteiger partial charge in [-0.05, 0) is 30.7 Å². The quantitative estimate of drug-likeness (QED) is 0.758. The minimum atomic E-state index is -1.05. The molecule has 0 bridgehead atoms. The first-order chi connectivity index (χ1) is 12.8. The van der Waals surface area contributed by atoms with Gasteiger partial charge in [0.1, 0.15) is 18.1 Å². The van der Waals surface area contributed by atoms with E-state index in [9.17, 15) is 18.8 Å². The molecule has 1 saturated heterocycles. The Kier molecular flexibility index (Phi) is 5.15. The van der Waals surface area contributed by atoms with Crippen LogP contribution in [0.4, 0.5) is 10.1 Å². The Hall–Kier alpha value is -3.30. The maximum atomic E-state index is 13.4. The summed E-state index contributed by atoms with van der Waals surface area (Å²) in [6, 6.07) is 4.39. The minimum absolute atomic E-state index is 0.0635. The van der Waals surface area contributed by atoms with Gasteiger partial charge < -0.3 is 15.3 Å². The summed E-state index contributed by atoms with van der Waals surface area (Å²) < 4.78 is 14.6. The van der Waals surface area contributed by atoms with E-state index in [0.29, 0.717) is 16.9 Å². The molecule has 2 amide bonds. The van der Waals surface area contributed by atoms with Crippen LogP contribution in [0, 0.1) is 18.7 Å². The Bertz CT molecular complexity index is 897. The van der Waals surface area contributed by atoms with Crippen LogP contribution in [0.2, 0.25) is 0 Å². The third-order valence-electron chi connectivity index (χ3n) is 4.28. The van der Waals surface area contributed by atoms with Gasteiger partial charge >= 0.3 is 5.97 Å². The Morgan fingerprint density at radius 1 is 1.41 bits per heavy atom. The number of anilines is 1. The Morgan fingerprint density at radius 3 is 2.89 bits per heavy atom. The van der Waals surface area contributed by atoms with E-state index >= 15 is 0 Å². The Balaban J connectivity index is 1.58. The van der Waals surface area contributed by atoms with Gasteiger partial charge in [0.15, 0.2) is 0 Å². The van der Waals surface area contributed by atoms with Crippen LogP contribution in [0.3, 0.4) is 0 Å². The fraction of sp³-hybridized carbons (Fsp3) is 0.353. The van der Waals surface area contributed by atoms with Crippen molar-refractivity contribution in [1.29, 1.82) is 0 Å². The van der Waals surface area contributed by atoms with Gasteiger partial charge in [-0.1, -0.05) is 5.21 Å². The summed E-state index contributed by atoms with van der Waals surface area (Å²) in [5.41, 5.74) is 1.41. The number of halogens is 1. The van der Waals surface area contributed by atoms with Crippen molar-refractivity contribution in [3.8, 4) is 0 Å². The monoisotopic (exact) mass is 375 g/mol. The molecule has 27 heavy (non-hydrogen) atoms. The Labute approximate surface area is 153 Å². The lowest BCUT2D eigenvalue weighted by Gasteiger charge is -2.17. The minimum Gasteiger partial charge on any atom is -0.480 e. The first-order valence-electron chi connectivity index (χ1n) is 8.28. The van der Waals surface area contributed by atoms with Gasteiger partial charge in [0.05, 0.1) is 18.7 Å². The number of aliphatic carboxylic acids is 1. The lowest BCUT2D eigenvalue weighted by molar-refractivity contribution is -0.138. The van der Waals surface area contributed by atoms with Crippen LogP contribution >= 0.6 is 0 Å². The molecule has 1 aromatic carbocycles. The standard InChI is InChI=1S/C17H18FN5O4/c1-10-4-13(2-3-14(10)18)23-7-11(5-15(23)24)17(27)19-6-12-8-22(21-20-12)9-16(25)26/h2-4,8,11H,5-7,9H2,1H3,(H,19,27)(H,25,26). The second-order valence-corrected chi connectivity index (χ2v) is 6.36. The maximum absolute atomic E-state index is 13.4. The van der Waals surface area contributed by atoms with E-state index in [1.54, 1.807) is 13.0 Å². The van der Waals surface area contributed by atoms with E-state index in [0.717, 1.165) is 4.68 Å². The van der Waals surface area contributed by atoms with E-state index < -0.39 is 11.9 Å². The summed E-state index contributed by atoms with van der Waals surface area (Å²) in [6.07, 6.45) is 1.50. The van der Waals surface area contributed by atoms with E-state index in [4.69, 9.17) is 5.11 Å². The number of carboxylic acid groups (broad SMARTS) is 1. The predicted octanol–water partition coefficient (Wildman–Crippen LogP) is 0.480. The average Bonchev–Trinajstić information content (AvgIpc) is 3.21. The number of nitrogens with one attached hydrogen (secondary N) is 1. The normalized spacial score (nSPS) is 16.6. The average molecular weight is 375 g/mol. The van der Waals surface area contributed by atoms with Crippen molar-refractivity contribution in [3.63, 3.8) is 0 Å². The van der Waals surface area contributed by atoms with Crippen LogP contribution in [0.25, 0.3) is 0 Å². The number of carbonyl (C=O) groups is 3. The zero-order valence-electron chi connectivity index (χ0n) is 14.6. The molecular weight excluding hydrogens is 357 g/mol. The van der Waals surface area contributed by atoms with Crippen LogP contribution in [0.5, 0.6) is 0 Å². The first-order valence-corrected chi connectivity index (χ1v) is 8.28. The molecule has 1 aliphatic heterocycles. The molecule has 10 heteroatoms. The van der Waals surface area contributed by atoms with Crippen molar-refractivity contribution >= 4 is 23.5 Å². The lowest BCUT2D eigenvalue weighted by Crippen LogP contribution is -2.32. The molecule has 2 N–H and O–H groups in total. The fourth-order valence-electron chi connectivity index (χ4n) is 2.89. The van der Waals surface area contributed by atoms with Crippen molar-refractivity contribution in [1.82, 2.24) is 20.3 Å². The molecular formula is C17H18FN5O4. The predicted molar refractivity (Wildman–Crippen MR) is 91.1 cm³/mol. The molecule has 1 aromatic heterocycles. The van der Waals surface area contributed by atoms with E-state index in [1.165, 1.54) is 23.2 Å². The molecule has 2 heterocycles. The molecule has 1 fully saturated rings. The number of benzene rings is 1. The van der Waals surface area contributed by atoms with E-state index in [1.807, 2.05) is 0 Å². The van der Waals surface area contributed by atoms with Crippen LogP contribution in [0.15, 0.2) is 24.4 Å². The highest BCUT2D eigenvalue weighted by Crippen LogP contribution is 2.26. The van der Waals surface area contributed by atoms with Crippen LogP contribution < -0.4 is 10.2 Å². The number of carboxylic acids is 1. The van der Waals surface area contributed by atoms with Gasteiger partial charge in [-0.2, -0.15) is 0 Å². The number of hydrogen-bond donors (Lipinski definition) is 2. The number of amides is 2. The van der Waals surface area contributed by atoms with Gasteiger partial charge in [0, 0.05) is 18.7 Å². The second kappa shape index (κ2) is 7.52. The zero-order chi connectivity index (χ0) is 19.6. The highest BCUT2D eigenvalue weighted by molar-refractivity contribution is 6.00. The van der Waals surface area contributed by atoms with Gasteiger partial charge in [0.25, 0.3) is 0 Å². The van der Waals surface area contributed by atoms with Crippen molar-refractivity contribution in [3.05, 3.63) is 41.5 Å². The highest BCUT2D eigenvalue weighted by atomic mass is 19.1. The molecule has 0 radical (unpaired) electrons. The van der Waals surface area contributed by atoms with Crippen LogP contribution in [-0.4, -0.2) is 44.4 Å². The highest BCUT2D eigenvalue weighted by Gasteiger charge is 2.35. The molecule has 2 aromatic rings. The Morgan fingerprint density at radius 2 is 2.19 bits per heavy atom. The SMILES string of the molecule is Cc1cc(N2CC(C(=O)NCc3cn(CC(=O)O)nn3)CC2=O)ccc1F. The smallest absolute Gasteiger partial charge is 0.325 e. The molecule has 0 spiro atoms. The molecule has 1 atom stereocenters. The van der Waals surface area contributed by atoms with Crippen molar-refractivity contribution in [2.45, 2.75) is 26.4 Å². The summed E-state index contributed by atoms with van der Waals surface area (Å²) in [5, 5.41) is 18.8. The van der Waals surface area contributed by atoms with E-state index in [-0.39, 0.29) is 43.7 Å². The summed E-state index contributed by atoms with van der Waals surface area (Å²) in [4.78, 5) is 36.7. The summed E-state index contributed by atoms with van der Waals surface area (Å²) in [7, 11) is 0. The topological polar surface area (TPSA) is 117 Å². The van der Waals surface area contributed by atoms with Crippen LogP contribution in [0.1, 0.15) is 17.7 Å². The second-order valence-electron chi connectivity index (χ2n) is 6.36. The molecule has 9 nitrogen and oxygen atoms in total. The fourth-order valence-corrected chi connectivity index (χ4v) is 2.89. The molecule has 142 valence electrons. The maximum Gasteiger partial charge on any atom is 0.325 e.